The molecule has 1 heterocycles. The van der Waals surface area contributed by atoms with Crippen molar-refractivity contribution in [2.75, 3.05) is 13.2 Å². The highest BCUT2D eigenvalue weighted by atomic mass is 16.6. The van der Waals surface area contributed by atoms with Gasteiger partial charge in [0.25, 0.3) is 5.69 Å². The van der Waals surface area contributed by atoms with E-state index in [-0.39, 0.29) is 24.7 Å². The van der Waals surface area contributed by atoms with Crippen molar-refractivity contribution < 1.29 is 9.66 Å². The lowest BCUT2D eigenvalue weighted by Crippen LogP contribution is -2.01. The Morgan fingerprint density at radius 1 is 1.67 bits per heavy atom. The predicted molar refractivity (Wildman–Crippen MR) is 50.4 cm³/mol. The molecule has 1 aromatic rings. The number of hydrogen-bond donors (Lipinski definition) is 0. The third-order valence-electron chi connectivity index (χ3n) is 1.44. The molecule has 0 fully saturated rings. The van der Waals surface area contributed by atoms with Gasteiger partial charge in [-0.25, -0.2) is 4.98 Å². The maximum absolute atomic E-state index is 10.3. The monoisotopic (exact) mass is 209 g/mol. The fraction of sp³-hybridized carbons (Fsp3) is 0.286. The smallest absolute Gasteiger partial charge is 0.287 e. The zero-order chi connectivity index (χ0) is 11.1. The van der Waals surface area contributed by atoms with Crippen LogP contribution in [0.5, 0.6) is 5.88 Å². The van der Waals surface area contributed by atoms with E-state index < -0.39 is 4.92 Å². The van der Waals surface area contributed by atoms with Crippen LogP contribution in [-0.4, -0.2) is 23.1 Å². The van der Waals surface area contributed by atoms with Crippen LogP contribution in [0.15, 0.2) is 23.4 Å². The number of aromatic nitrogens is 1. The average Bonchev–Trinajstić information content (AvgIpc) is 2.25. The largest absolute Gasteiger partial charge is 0.478 e. The van der Waals surface area contributed by atoms with Gasteiger partial charge in [0.15, 0.2) is 0 Å². The summed E-state index contributed by atoms with van der Waals surface area (Å²) in [7, 11) is 0. The molecule has 1 rings (SSSR count). The summed E-state index contributed by atoms with van der Waals surface area (Å²) in [4.78, 5) is 16.0. The molecule has 8 heteroatoms. The summed E-state index contributed by atoms with van der Waals surface area (Å²) in [5.74, 6) is 0.258. The second-order valence-corrected chi connectivity index (χ2v) is 2.41. The summed E-state index contributed by atoms with van der Waals surface area (Å²) in [6, 6.07) is 2.67. The molecule has 0 spiro atoms. The van der Waals surface area contributed by atoms with Gasteiger partial charge in [-0.1, -0.05) is 5.11 Å². The Kier molecular flexibility index (Phi) is 3.87. The van der Waals surface area contributed by atoms with Crippen LogP contribution >= 0.6 is 0 Å². The molecule has 0 aliphatic rings. The van der Waals surface area contributed by atoms with Crippen LogP contribution in [0.25, 0.3) is 10.4 Å². The SMILES string of the molecule is [N-]=[N+]=NCCOc1ccc([N+](=O)[O-])cn1. The molecular weight excluding hydrogens is 202 g/mol. The van der Waals surface area contributed by atoms with E-state index in [0.717, 1.165) is 6.20 Å². The quantitative estimate of drug-likeness (QED) is 0.183. The van der Waals surface area contributed by atoms with Crippen molar-refractivity contribution in [2.45, 2.75) is 0 Å². The van der Waals surface area contributed by atoms with Gasteiger partial charge >= 0.3 is 0 Å². The zero-order valence-electron chi connectivity index (χ0n) is 7.61. The van der Waals surface area contributed by atoms with E-state index >= 15 is 0 Å². The maximum atomic E-state index is 10.3. The van der Waals surface area contributed by atoms with Gasteiger partial charge in [0.1, 0.15) is 6.20 Å². The van der Waals surface area contributed by atoms with Gasteiger partial charge in [-0.2, -0.15) is 0 Å². The standard InChI is InChI=1S/C7H7N5O3/c8-11-10-3-4-15-7-2-1-6(5-9-7)12(13)14/h1-2,5H,3-4H2. The molecule has 15 heavy (non-hydrogen) atoms. The highest BCUT2D eigenvalue weighted by molar-refractivity contribution is 5.28. The van der Waals surface area contributed by atoms with Gasteiger partial charge in [-0.3, -0.25) is 10.1 Å². The molecule has 0 aliphatic carbocycles. The van der Waals surface area contributed by atoms with Crippen molar-refractivity contribution in [1.82, 2.24) is 4.98 Å². The highest BCUT2D eigenvalue weighted by Crippen LogP contribution is 2.13. The molecule has 0 bridgehead atoms. The van der Waals surface area contributed by atoms with Crippen molar-refractivity contribution in [3.63, 3.8) is 0 Å². The van der Waals surface area contributed by atoms with Crippen LogP contribution in [0.3, 0.4) is 0 Å². The molecule has 78 valence electrons. The number of nitro groups is 1. The minimum atomic E-state index is -0.545. The number of azide groups is 1. The fourth-order valence-corrected chi connectivity index (χ4v) is 0.802. The molecule has 1 aromatic heterocycles. The number of hydrogen-bond acceptors (Lipinski definition) is 5. The Morgan fingerprint density at radius 2 is 2.47 bits per heavy atom. The second-order valence-electron chi connectivity index (χ2n) is 2.41. The van der Waals surface area contributed by atoms with Crippen molar-refractivity contribution in [1.29, 1.82) is 0 Å². The molecule has 0 amide bonds. The molecule has 0 aliphatic heterocycles. The van der Waals surface area contributed by atoms with E-state index in [2.05, 4.69) is 15.0 Å². The summed E-state index contributed by atoms with van der Waals surface area (Å²) >= 11 is 0. The minimum absolute atomic E-state index is 0.0996. The summed E-state index contributed by atoms with van der Waals surface area (Å²) in [5.41, 5.74) is 7.87. The van der Waals surface area contributed by atoms with Gasteiger partial charge in [-0.15, -0.1) is 0 Å². The topological polar surface area (TPSA) is 114 Å². The molecular formula is C7H7N5O3. The number of ether oxygens (including phenoxy) is 1. The Balaban J connectivity index is 2.49. The molecule has 0 atom stereocenters. The normalized spacial score (nSPS) is 9.07. The summed E-state index contributed by atoms with van der Waals surface area (Å²) in [6.07, 6.45) is 1.10. The number of nitrogens with zero attached hydrogens (tertiary/aromatic N) is 5. The minimum Gasteiger partial charge on any atom is -0.478 e. The van der Waals surface area contributed by atoms with Gasteiger partial charge < -0.3 is 4.74 Å². The number of rotatable bonds is 5. The van der Waals surface area contributed by atoms with Crippen LogP contribution in [0.1, 0.15) is 0 Å². The van der Waals surface area contributed by atoms with Gasteiger partial charge in [0.2, 0.25) is 5.88 Å². The first-order valence-corrected chi connectivity index (χ1v) is 3.98. The Bertz CT molecular complexity index is 384. The first-order valence-electron chi connectivity index (χ1n) is 3.98. The Hall–Kier alpha value is -2.34. The maximum Gasteiger partial charge on any atom is 0.287 e. The van der Waals surface area contributed by atoms with E-state index in [4.69, 9.17) is 10.3 Å². The van der Waals surface area contributed by atoms with Crippen molar-refractivity contribution in [2.24, 2.45) is 5.11 Å². The van der Waals surface area contributed by atoms with E-state index in [1.54, 1.807) is 0 Å². The van der Waals surface area contributed by atoms with Crippen LogP contribution in [0, 0.1) is 10.1 Å². The van der Waals surface area contributed by atoms with Crippen molar-refractivity contribution >= 4 is 5.69 Å². The van der Waals surface area contributed by atoms with Crippen LogP contribution < -0.4 is 4.74 Å². The van der Waals surface area contributed by atoms with Crippen LogP contribution in [0.4, 0.5) is 5.69 Å². The molecule has 0 N–H and O–H groups in total. The van der Waals surface area contributed by atoms with Crippen molar-refractivity contribution in [3.8, 4) is 5.88 Å². The Morgan fingerprint density at radius 3 is 3.00 bits per heavy atom. The molecule has 0 saturated heterocycles. The molecule has 0 aromatic carbocycles. The Labute approximate surface area is 84.3 Å². The van der Waals surface area contributed by atoms with Crippen LogP contribution in [0.2, 0.25) is 0 Å². The lowest BCUT2D eigenvalue weighted by atomic mass is 10.4. The molecule has 0 unspecified atom stereocenters. The van der Waals surface area contributed by atoms with Gasteiger partial charge in [-0.05, 0) is 5.53 Å². The van der Waals surface area contributed by atoms with Crippen molar-refractivity contribution in [3.05, 3.63) is 38.9 Å². The highest BCUT2D eigenvalue weighted by Gasteiger charge is 2.04. The summed E-state index contributed by atoms with van der Waals surface area (Å²) in [6.45, 7) is 0.379. The number of pyridine rings is 1. The third kappa shape index (κ3) is 3.49. The summed E-state index contributed by atoms with van der Waals surface area (Å²) in [5, 5.41) is 13.5. The molecule has 0 radical (unpaired) electrons. The van der Waals surface area contributed by atoms with E-state index in [0.29, 0.717) is 0 Å². The van der Waals surface area contributed by atoms with E-state index in [1.807, 2.05) is 0 Å². The summed E-state index contributed by atoms with van der Waals surface area (Å²) < 4.78 is 5.04. The van der Waals surface area contributed by atoms with E-state index in [1.165, 1.54) is 12.1 Å². The lowest BCUT2D eigenvalue weighted by molar-refractivity contribution is -0.385. The van der Waals surface area contributed by atoms with Gasteiger partial charge in [0, 0.05) is 17.0 Å². The average molecular weight is 209 g/mol. The zero-order valence-corrected chi connectivity index (χ0v) is 7.61. The third-order valence-corrected chi connectivity index (χ3v) is 1.44. The lowest BCUT2D eigenvalue weighted by Gasteiger charge is -2.01. The fourth-order valence-electron chi connectivity index (χ4n) is 0.802. The first-order chi connectivity index (χ1) is 7.24. The second kappa shape index (κ2) is 5.40. The predicted octanol–water partition coefficient (Wildman–Crippen LogP) is 1.68. The first kappa shape index (κ1) is 10.7. The molecule has 8 nitrogen and oxygen atoms in total. The van der Waals surface area contributed by atoms with Gasteiger partial charge in [0.05, 0.1) is 18.1 Å². The van der Waals surface area contributed by atoms with E-state index in [9.17, 15) is 10.1 Å². The molecule has 0 saturated carbocycles. The van der Waals surface area contributed by atoms with Crippen LogP contribution in [-0.2, 0) is 0 Å².